The molecule has 2 amide bonds. The first-order valence-electron chi connectivity index (χ1n) is 7.96. The molecule has 1 heterocycles. The van der Waals surface area contributed by atoms with Crippen LogP contribution >= 0.6 is 0 Å². The van der Waals surface area contributed by atoms with E-state index in [1.165, 1.54) is 25.7 Å². The molecule has 1 aromatic carbocycles. The molecule has 1 saturated carbocycles. The second-order valence-electron chi connectivity index (χ2n) is 6.45. The maximum Gasteiger partial charge on any atom is 0.321 e. The summed E-state index contributed by atoms with van der Waals surface area (Å²) in [7, 11) is 1.78. The van der Waals surface area contributed by atoms with E-state index in [1.807, 2.05) is 18.2 Å². The average molecular weight is 288 g/mol. The summed E-state index contributed by atoms with van der Waals surface area (Å²) in [6, 6.07) is 5.81. The molecule has 0 bridgehead atoms. The van der Waals surface area contributed by atoms with Crippen LogP contribution in [-0.4, -0.2) is 23.1 Å². The highest BCUT2D eigenvalue weighted by Gasteiger charge is 2.21. The number of carbonyl (C=O) groups is 1. The fourth-order valence-electron chi connectivity index (χ4n) is 3.47. The Balaban J connectivity index is 1.65. The summed E-state index contributed by atoms with van der Waals surface area (Å²) in [6.07, 6.45) is 6.93. The van der Waals surface area contributed by atoms with E-state index >= 15 is 0 Å². The third kappa shape index (κ3) is 3.21. The minimum atomic E-state index is -0.390. The van der Waals surface area contributed by atoms with Crippen LogP contribution in [-0.2, 0) is 6.54 Å². The van der Waals surface area contributed by atoms with Crippen molar-refractivity contribution in [1.29, 1.82) is 0 Å². The Hall–Kier alpha value is -1.55. The van der Waals surface area contributed by atoms with Gasteiger partial charge in [0, 0.05) is 19.3 Å². The number of amides is 2. The van der Waals surface area contributed by atoms with Crippen LogP contribution in [0.2, 0.25) is 0 Å². The highest BCUT2D eigenvalue weighted by molar-refractivity contribution is 5.92. The molecular formula is C17H24N2O2. The number of fused-ring (bicyclic) bond motifs is 1. The van der Waals surface area contributed by atoms with Crippen LogP contribution in [0, 0.1) is 5.92 Å². The van der Waals surface area contributed by atoms with Crippen LogP contribution in [0.3, 0.4) is 0 Å². The number of urea groups is 1. The lowest BCUT2D eigenvalue weighted by atomic mass is 9.95. The van der Waals surface area contributed by atoms with Crippen molar-refractivity contribution in [2.45, 2.75) is 51.2 Å². The lowest BCUT2D eigenvalue weighted by molar-refractivity contribution is 0.157. The summed E-state index contributed by atoms with van der Waals surface area (Å²) in [4.78, 5) is 13.2. The highest BCUT2D eigenvalue weighted by atomic mass is 16.3. The van der Waals surface area contributed by atoms with E-state index in [-0.39, 0.29) is 12.1 Å². The summed E-state index contributed by atoms with van der Waals surface area (Å²) in [5, 5.41) is 13.3. The maximum absolute atomic E-state index is 11.6. The number of benzene rings is 1. The number of hydrogen-bond acceptors (Lipinski definition) is 2. The Morgan fingerprint density at radius 1 is 1.38 bits per heavy atom. The van der Waals surface area contributed by atoms with Gasteiger partial charge in [-0.15, -0.1) is 0 Å². The molecule has 0 radical (unpaired) electrons. The van der Waals surface area contributed by atoms with E-state index in [9.17, 15) is 9.90 Å². The van der Waals surface area contributed by atoms with Crippen molar-refractivity contribution in [2.24, 2.45) is 5.92 Å². The van der Waals surface area contributed by atoms with Gasteiger partial charge >= 0.3 is 6.03 Å². The number of hydrogen-bond donors (Lipinski definition) is 2. The molecule has 21 heavy (non-hydrogen) atoms. The van der Waals surface area contributed by atoms with Gasteiger partial charge in [0.05, 0.1) is 6.10 Å². The van der Waals surface area contributed by atoms with Crippen molar-refractivity contribution in [3.63, 3.8) is 0 Å². The zero-order valence-corrected chi connectivity index (χ0v) is 12.6. The van der Waals surface area contributed by atoms with Crippen LogP contribution in [0.25, 0.3) is 0 Å². The summed E-state index contributed by atoms with van der Waals surface area (Å²) in [5.74, 6) is 0.808. The Morgan fingerprint density at radius 3 is 2.90 bits per heavy atom. The van der Waals surface area contributed by atoms with Gasteiger partial charge in [-0.1, -0.05) is 31.7 Å². The van der Waals surface area contributed by atoms with Gasteiger partial charge in [-0.25, -0.2) is 4.79 Å². The molecular weight excluding hydrogens is 264 g/mol. The zero-order chi connectivity index (χ0) is 14.8. The minimum absolute atomic E-state index is 0.0722. The van der Waals surface area contributed by atoms with Crippen LogP contribution in [0.5, 0.6) is 0 Å². The molecule has 2 aliphatic rings. The third-order valence-corrected chi connectivity index (χ3v) is 4.83. The lowest BCUT2D eigenvalue weighted by Gasteiger charge is -2.27. The molecule has 1 atom stereocenters. The van der Waals surface area contributed by atoms with Gasteiger partial charge in [-0.3, -0.25) is 0 Å². The molecule has 2 N–H and O–H groups in total. The summed E-state index contributed by atoms with van der Waals surface area (Å²) in [6.45, 7) is 0.602. The Kier molecular flexibility index (Phi) is 4.15. The van der Waals surface area contributed by atoms with Crippen molar-refractivity contribution >= 4 is 11.7 Å². The van der Waals surface area contributed by atoms with E-state index in [4.69, 9.17) is 0 Å². The molecule has 4 nitrogen and oxygen atoms in total. The Labute approximate surface area is 126 Å². The Morgan fingerprint density at radius 2 is 2.14 bits per heavy atom. The molecule has 114 valence electrons. The number of nitrogens with one attached hydrogen (secondary N) is 1. The predicted octanol–water partition coefficient (Wildman–Crippen LogP) is 3.67. The van der Waals surface area contributed by atoms with E-state index in [1.54, 1.807) is 11.9 Å². The number of aliphatic hydroxyl groups excluding tert-OH is 1. The third-order valence-electron chi connectivity index (χ3n) is 4.83. The minimum Gasteiger partial charge on any atom is -0.388 e. The Bertz CT molecular complexity index is 524. The van der Waals surface area contributed by atoms with Gasteiger partial charge in [0.1, 0.15) is 0 Å². The summed E-state index contributed by atoms with van der Waals surface area (Å²) >= 11 is 0. The molecule has 0 spiro atoms. The SMILES string of the molecule is CN1Cc2cc(C(O)CCC3CCCC3)ccc2NC1=O. The van der Waals surface area contributed by atoms with E-state index in [0.717, 1.165) is 35.6 Å². The lowest BCUT2D eigenvalue weighted by Crippen LogP contribution is -2.35. The molecule has 1 fully saturated rings. The molecule has 1 aromatic rings. The quantitative estimate of drug-likeness (QED) is 0.888. The maximum atomic E-state index is 11.6. The van der Waals surface area contributed by atoms with Gasteiger partial charge in [0.15, 0.2) is 0 Å². The standard InChI is InChI=1S/C17H24N2O2/c1-19-11-14-10-13(7-8-15(14)18-17(19)21)16(20)9-6-12-4-2-3-5-12/h7-8,10,12,16,20H,2-6,9,11H2,1H3,(H,18,21). The number of aliphatic hydroxyl groups is 1. The van der Waals surface area contributed by atoms with E-state index < -0.39 is 0 Å². The van der Waals surface area contributed by atoms with Crippen molar-refractivity contribution in [3.05, 3.63) is 29.3 Å². The zero-order valence-electron chi connectivity index (χ0n) is 12.6. The largest absolute Gasteiger partial charge is 0.388 e. The fourth-order valence-corrected chi connectivity index (χ4v) is 3.47. The number of nitrogens with zero attached hydrogens (tertiary/aromatic N) is 1. The second-order valence-corrected chi connectivity index (χ2v) is 6.45. The normalized spacial score (nSPS) is 20.3. The van der Waals surface area contributed by atoms with Crippen molar-refractivity contribution in [3.8, 4) is 0 Å². The second kappa shape index (κ2) is 6.06. The number of carbonyl (C=O) groups excluding carboxylic acids is 1. The molecule has 4 heteroatoms. The van der Waals surface area contributed by atoms with Gasteiger partial charge < -0.3 is 15.3 Å². The first-order valence-corrected chi connectivity index (χ1v) is 7.96. The van der Waals surface area contributed by atoms with Gasteiger partial charge in [0.2, 0.25) is 0 Å². The van der Waals surface area contributed by atoms with Gasteiger partial charge in [-0.2, -0.15) is 0 Å². The van der Waals surface area contributed by atoms with Crippen LogP contribution in [0.1, 0.15) is 55.8 Å². The van der Waals surface area contributed by atoms with Crippen molar-refractivity contribution in [2.75, 3.05) is 12.4 Å². The molecule has 1 aliphatic heterocycles. The molecule has 1 aliphatic carbocycles. The predicted molar refractivity (Wildman–Crippen MR) is 83.1 cm³/mol. The van der Waals surface area contributed by atoms with Crippen LogP contribution < -0.4 is 5.32 Å². The van der Waals surface area contributed by atoms with E-state index in [2.05, 4.69) is 5.32 Å². The van der Waals surface area contributed by atoms with Gasteiger partial charge in [0.25, 0.3) is 0 Å². The summed E-state index contributed by atoms with van der Waals surface area (Å²) in [5.41, 5.74) is 2.91. The topological polar surface area (TPSA) is 52.6 Å². The first-order chi connectivity index (χ1) is 10.1. The highest BCUT2D eigenvalue weighted by Crippen LogP contribution is 2.32. The fraction of sp³-hybridized carbons (Fsp3) is 0.588. The molecule has 0 saturated heterocycles. The molecule has 3 rings (SSSR count). The van der Waals surface area contributed by atoms with Crippen LogP contribution in [0.4, 0.5) is 10.5 Å². The molecule has 0 aromatic heterocycles. The van der Waals surface area contributed by atoms with Crippen LogP contribution in [0.15, 0.2) is 18.2 Å². The van der Waals surface area contributed by atoms with E-state index in [0.29, 0.717) is 6.54 Å². The molecule has 1 unspecified atom stereocenters. The van der Waals surface area contributed by atoms with Gasteiger partial charge in [-0.05, 0) is 42.0 Å². The number of rotatable bonds is 4. The summed E-state index contributed by atoms with van der Waals surface area (Å²) < 4.78 is 0. The van der Waals surface area contributed by atoms with Crippen molar-refractivity contribution in [1.82, 2.24) is 4.90 Å². The first kappa shape index (κ1) is 14.4. The monoisotopic (exact) mass is 288 g/mol. The van der Waals surface area contributed by atoms with Crippen molar-refractivity contribution < 1.29 is 9.90 Å². The average Bonchev–Trinajstić information content (AvgIpc) is 2.99. The smallest absolute Gasteiger partial charge is 0.321 e. The number of anilines is 1.